The second-order valence-corrected chi connectivity index (χ2v) is 5.57. The predicted molar refractivity (Wildman–Crippen MR) is 79.9 cm³/mol. The fourth-order valence-electron chi connectivity index (χ4n) is 1.94. The van der Waals surface area contributed by atoms with Crippen molar-refractivity contribution in [2.75, 3.05) is 0 Å². The molecule has 0 spiro atoms. The lowest BCUT2D eigenvalue weighted by Gasteiger charge is -2.14. The second-order valence-electron chi connectivity index (χ2n) is 4.23. The zero-order valence-electron chi connectivity index (χ0n) is 9.96. The van der Waals surface area contributed by atoms with Crippen molar-refractivity contribution in [1.29, 1.82) is 0 Å². The van der Waals surface area contributed by atoms with Crippen LogP contribution >= 0.6 is 34.8 Å². The number of hydrogen-bond acceptors (Lipinski definition) is 0. The highest BCUT2D eigenvalue weighted by Crippen LogP contribution is 2.36. The van der Waals surface area contributed by atoms with E-state index in [1.165, 1.54) is 11.1 Å². The topological polar surface area (TPSA) is 0 Å². The van der Waals surface area contributed by atoms with Crippen molar-refractivity contribution in [3.05, 3.63) is 69.2 Å². The summed E-state index contributed by atoms with van der Waals surface area (Å²) in [5.74, 6) is 0. The number of rotatable bonds is 3. The molecule has 18 heavy (non-hydrogen) atoms. The maximum Gasteiger partial charge on any atom is 0.0655 e. The molecule has 0 heterocycles. The van der Waals surface area contributed by atoms with E-state index in [-0.39, 0.29) is 5.38 Å². The molecule has 0 fully saturated rings. The summed E-state index contributed by atoms with van der Waals surface area (Å²) in [7, 11) is 0. The summed E-state index contributed by atoms with van der Waals surface area (Å²) in [4.78, 5) is 0. The van der Waals surface area contributed by atoms with E-state index in [2.05, 4.69) is 19.1 Å². The van der Waals surface area contributed by atoms with Gasteiger partial charge in [-0.2, -0.15) is 0 Å². The molecular weight excluding hydrogens is 287 g/mol. The Morgan fingerprint density at radius 3 is 2.17 bits per heavy atom. The molecule has 3 heteroatoms. The van der Waals surface area contributed by atoms with E-state index in [4.69, 9.17) is 34.8 Å². The summed E-state index contributed by atoms with van der Waals surface area (Å²) in [6, 6.07) is 13.6. The van der Waals surface area contributed by atoms with Gasteiger partial charge in [-0.3, -0.25) is 0 Å². The quantitative estimate of drug-likeness (QED) is 0.626. The standard InChI is InChI=1S/C15H13Cl3/c1-10-5-2-3-6-11(10)9-14(18)15-12(16)7-4-8-13(15)17/h2-8,14H,9H2,1H3. The molecule has 0 nitrogen and oxygen atoms in total. The van der Waals surface area contributed by atoms with Gasteiger partial charge in [-0.05, 0) is 36.6 Å². The van der Waals surface area contributed by atoms with E-state index in [0.29, 0.717) is 10.0 Å². The van der Waals surface area contributed by atoms with E-state index < -0.39 is 0 Å². The Hall–Kier alpha value is -0.690. The second kappa shape index (κ2) is 5.97. The van der Waals surface area contributed by atoms with Crippen LogP contribution in [0.4, 0.5) is 0 Å². The molecule has 0 radical (unpaired) electrons. The van der Waals surface area contributed by atoms with Gasteiger partial charge < -0.3 is 0 Å². The lowest BCUT2D eigenvalue weighted by Crippen LogP contribution is -1.99. The van der Waals surface area contributed by atoms with Gasteiger partial charge in [-0.15, -0.1) is 11.6 Å². The van der Waals surface area contributed by atoms with Crippen molar-refractivity contribution in [3.63, 3.8) is 0 Å². The Morgan fingerprint density at radius 1 is 0.944 bits per heavy atom. The average molecular weight is 300 g/mol. The molecule has 0 aliphatic rings. The third-order valence-electron chi connectivity index (χ3n) is 2.97. The van der Waals surface area contributed by atoms with Crippen molar-refractivity contribution < 1.29 is 0 Å². The number of hydrogen-bond donors (Lipinski definition) is 0. The van der Waals surface area contributed by atoms with Gasteiger partial charge >= 0.3 is 0 Å². The molecule has 94 valence electrons. The van der Waals surface area contributed by atoms with Gasteiger partial charge in [0, 0.05) is 15.6 Å². The number of alkyl halides is 1. The van der Waals surface area contributed by atoms with Crippen LogP contribution in [0, 0.1) is 6.92 Å². The van der Waals surface area contributed by atoms with Gasteiger partial charge in [-0.25, -0.2) is 0 Å². The minimum atomic E-state index is -0.215. The smallest absolute Gasteiger partial charge is 0.0655 e. The highest BCUT2D eigenvalue weighted by atomic mass is 35.5. The molecule has 0 aliphatic heterocycles. The molecule has 2 rings (SSSR count). The monoisotopic (exact) mass is 298 g/mol. The maximum atomic E-state index is 6.45. The van der Waals surface area contributed by atoms with Gasteiger partial charge in [-0.1, -0.05) is 53.5 Å². The van der Waals surface area contributed by atoms with Crippen molar-refractivity contribution in [3.8, 4) is 0 Å². The van der Waals surface area contributed by atoms with Gasteiger partial charge in [0.25, 0.3) is 0 Å². The zero-order chi connectivity index (χ0) is 13.1. The van der Waals surface area contributed by atoms with Crippen molar-refractivity contribution in [2.45, 2.75) is 18.7 Å². The molecule has 0 aliphatic carbocycles. The van der Waals surface area contributed by atoms with Crippen LogP contribution in [0.3, 0.4) is 0 Å². The largest absolute Gasteiger partial charge is 0.117 e. The molecule has 0 amide bonds. The number of halogens is 3. The van der Waals surface area contributed by atoms with E-state index in [1.807, 2.05) is 30.3 Å². The lowest BCUT2D eigenvalue weighted by molar-refractivity contribution is 0.911. The number of aryl methyl sites for hydroxylation is 1. The molecule has 0 saturated heterocycles. The molecule has 0 N–H and O–H groups in total. The molecule has 0 aromatic heterocycles. The van der Waals surface area contributed by atoms with E-state index in [9.17, 15) is 0 Å². The van der Waals surface area contributed by atoms with Gasteiger partial charge in [0.05, 0.1) is 5.38 Å². The van der Waals surface area contributed by atoms with Crippen LogP contribution in [-0.4, -0.2) is 0 Å². The summed E-state index contributed by atoms with van der Waals surface area (Å²) < 4.78 is 0. The van der Waals surface area contributed by atoms with Crippen LogP contribution in [0.1, 0.15) is 22.1 Å². The van der Waals surface area contributed by atoms with Crippen molar-refractivity contribution in [1.82, 2.24) is 0 Å². The van der Waals surface area contributed by atoms with Crippen LogP contribution in [0.25, 0.3) is 0 Å². The predicted octanol–water partition coefficient (Wildman–Crippen LogP) is 5.82. The lowest BCUT2D eigenvalue weighted by atomic mass is 10.00. The van der Waals surface area contributed by atoms with Gasteiger partial charge in [0.2, 0.25) is 0 Å². The van der Waals surface area contributed by atoms with Crippen LogP contribution in [0.5, 0.6) is 0 Å². The molecular formula is C15H13Cl3. The van der Waals surface area contributed by atoms with Crippen molar-refractivity contribution in [2.24, 2.45) is 0 Å². The first-order chi connectivity index (χ1) is 8.59. The summed E-state index contributed by atoms with van der Waals surface area (Å²) in [6.07, 6.45) is 0.720. The maximum absolute atomic E-state index is 6.45. The Kier molecular flexibility index (Phi) is 4.55. The van der Waals surface area contributed by atoms with Gasteiger partial charge in [0.1, 0.15) is 0 Å². The van der Waals surface area contributed by atoms with Crippen LogP contribution in [0.15, 0.2) is 42.5 Å². The Labute approximate surface area is 122 Å². The van der Waals surface area contributed by atoms with Crippen LogP contribution in [-0.2, 0) is 6.42 Å². The van der Waals surface area contributed by atoms with Crippen LogP contribution in [0.2, 0.25) is 10.0 Å². The Balaban J connectivity index is 2.28. The summed E-state index contributed by atoms with van der Waals surface area (Å²) in [5, 5.41) is 1.03. The minimum absolute atomic E-state index is 0.215. The third kappa shape index (κ3) is 3.00. The van der Waals surface area contributed by atoms with Crippen LogP contribution < -0.4 is 0 Å². The average Bonchev–Trinajstić information content (AvgIpc) is 2.32. The summed E-state index contributed by atoms with van der Waals surface area (Å²) >= 11 is 18.8. The first-order valence-corrected chi connectivity index (χ1v) is 6.91. The summed E-state index contributed by atoms with van der Waals surface area (Å²) in [6.45, 7) is 2.08. The van der Waals surface area contributed by atoms with E-state index >= 15 is 0 Å². The first-order valence-electron chi connectivity index (χ1n) is 5.72. The van der Waals surface area contributed by atoms with Gasteiger partial charge in [0.15, 0.2) is 0 Å². The molecule has 2 aromatic rings. The zero-order valence-corrected chi connectivity index (χ0v) is 12.2. The summed E-state index contributed by atoms with van der Waals surface area (Å²) in [5.41, 5.74) is 3.26. The molecule has 1 atom stereocenters. The highest BCUT2D eigenvalue weighted by Gasteiger charge is 2.16. The van der Waals surface area contributed by atoms with Crippen molar-refractivity contribution >= 4 is 34.8 Å². The Morgan fingerprint density at radius 2 is 1.56 bits per heavy atom. The first kappa shape index (κ1) is 13.7. The fourth-order valence-corrected chi connectivity index (χ4v) is 3.12. The highest BCUT2D eigenvalue weighted by molar-refractivity contribution is 6.37. The number of benzene rings is 2. The Bertz CT molecular complexity index is 529. The molecule has 2 aromatic carbocycles. The molecule has 0 bridgehead atoms. The fraction of sp³-hybridized carbons (Fsp3) is 0.200. The van der Waals surface area contributed by atoms with E-state index in [0.717, 1.165) is 12.0 Å². The SMILES string of the molecule is Cc1ccccc1CC(Cl)c1c(Cl)cccc1Cl. The molecule has 1 unspecified atom stereocenters. The molecule has 0 saturated carbocycles. The minimum Gasteiger partial charge on any atom is -0.117 e. The third-order valence-corrected chi connectivity index (χ3v) is 4.01. The van der Waals surface area contributed by atoms with E-state index in [1.54, 1.807) is 0 Å². The normalized spacial score (nSPS) is 12.4.